The Hall–Kier alpha value is -2.89. The SMILES string of the molecule is O=C1Cc2c(O)cc(O)cc2O[C@H]1c1ccc(O)cc1O. The van der Waals surface area contributed by atoms with Crippen LogP contribution in [0.2, 0.25) is 0 Å². The van der Waals surface area contributed by atoms with E-state index >= 15 is 0 Å². The van der Waals surface area contributed by atoms with Crippen LogP contribution in [0.5, 0.6) is 28.7 Å². The molecular formula is C15H12O6. The van der Waals surface area contributed by atoms with Crippen LogP contribution in [-0.4, -0.2) is 26.2 Å². The number of phenolic OH excluding ortho intramolecular Hbond substituents is 4. The lowest BCUT2D eigenvalue weighted by Gasteiger charge is -2.26. The first-order valence-corrected chi connectivity index (χ1v) is 6.22. The number of hydrogen-bond acceptors (Lipinski definition) is 6. The minimum absolute atomic E-state index is 0.0770. The maximum absolute atomic E-state index is 12.2. The van der Waals surface area contributed by atoms with E-state index in [1.807, 2.05) is 0 Å². The fourth-order valence-electron chi connectivity index (χ4n) is 2.35. The van der Waals surface area contributed by atoms with Gasteiger partial charge in [0.1, 0.15) is 28.7 Å². The van der Waals surface area contributed by atoms with Crippen LogP contribution in [0.1, 0.15) is 17.2 Å². The number of hydrogen-bond donors (Lipinski definition) is 4. The number of phenols is 4. The van der Waals surface area contributed by atoms with Crippen LogP contribution in [0.25, 0.3) is 0 Å². The molecule has 4 N–H and O–H groups in total. The van der Waals surface area contributed by atoms with Gasteiger partial charge >= 0.3 is 0 Å². The summed E-state index contributed by atoms with van der Waals surface area (Å²) in [6.07, 6.45) is -1.13. The Balaban J connectivity index is 2.04. The van der Waals surface area contributed by atoms with Crippen LogP contribution in [0.3, 0.4) is 0 Å². The van der Waals surface area contributed by atoms with E-state index in [9.17, 15) is 25.2 Å². The lowest BCUT2D eigenvalue weighted by atomic mass is 9.95. The van der Waals surface area contributed by atoms with E-state index in [1.54, 1.807) is 0 Å². The van der Waals surface area contributed by atoms with Crippen molar-refractivity contribution < 1.29 is 30.0 Å². The molecule has 0 spiro atoms. The Morgan fingerprint density at radius 2 is 1.67 bits per heavy atom. The first kappa shape index (κ1) is 13.1. The summed E-state index contributed by atoms with van der Waals surface area (Å²) in [5, 5.41) is 38.3. The largest absolute Gasteiger partial charge is 0.508 e. The predicted octanol–water partition coefficient (Wildman–Crippen LogP) is 1.75. The molecule has 0 fully saturated rings. The highest BCUT2D eigenvalue weighted by Crippen LogP contribution is 2.42. The highest BCUT2D eigenvalue weighted by Gasteiger charge is 2.33. The Morgan fingerprint density at radius 1 is 0.952 bits per heavy atom. The second-order valence-electron chi connectivity index (χ2n) is 4.83. The van der Waals surface area contributed by atoms with Gasteiger partial charge in [-0.25, -0.2) is 0 Å². The molecule has 6 nitrogen and oxygen atoms in total. The molecule has 2 aromatic carbocycles. The van der Waals surface area contributed by atoms with Crippen molar-refractivity contribution in [3.63, 3.8) is 0 Å². The number of carbonyl (C=O) groups is 1. The van der Waals surface area contributed by atoms with E-state index in [1.165, 1.54) is 18.2 Å². The molecule has 0 saturated heterocycles. The summed E-state index contributed by atoms with van der Waals surface area (Å²) in [6.45, 7) is 0. The third-order valence-corrected chi connectivity index (χ3v) is 3.35. The summed E-state index contributed by atoms with van der Waals surface area (Å²) in [5.41, 5.74) is 0.513. The topological polar surface area (TPSA) is 107 Å². The van der Waals surface area contributed by atoms with Gasteiger partial charge in [0.25, 0.3) is 0 Å². The van der Waals surface area contributed by atoms with E-state index in [0.29, 0.717) is 5.56 Å². The zero-order valence-electron chi connectivity index (χ0n) is 10.8. The number of fused-ring (bicyclic) bond motifs is 1. The molecule has 0 bridgehead atoms. The summed E-state index contributed by atoms with van der Waals surface area (Å²) < 4.78 is 5.50. The maximum atomic E-state index is 12.2. The van der Waals surface area contributed by atoms with Crippen molar-refractivity contribution in [3.05, 3.63) is 41.5 Å². The number of benzene rings is 2. The molecule has 3 rings (SSSR count). The molecule has 1 aliphatic heterocycles. The summed E-state index contributed by atoms with van der Waals surface area (Å²) >= 11 is 0. The fraction of sp³-hybridized carbons (Fsp3) is 0.133. The number of rotatable bonds is 1. The summed E-state index contributed by atoms with van der Waals surface area (Å²) in [5.74, 6) is -0.952. The number of carbonyl (C=O) groups excluding carboxylic acids is 1. The van der Waals surface area contributed by atoms with Gasteiger partial charge in [0.05, 0.1) is 0 Å². The molecular weight excluding hydrogens is 276 g/mol. The predicted molar refractivity (Wildman–Crippen MR) is 71.6 cm³/mol. The molecule has 1 heterocycles. The van der Waals surface area contributed by atoms with E-state index < -0.39 is 6.10 Å². The Bertz CT molecular complexity index is 737. The van der Waals surface area contributed by atoms with E-state index in [2.05, 4.69) is 0 Å². The smallest absolute Gasteiger partial charge is 0.186 e. The lowest BCUT2D eigenvalue weighted by Crippen LogP contribution is -2.25. The maximum Gasteiger partial charge on any atom is 0.186 e. The summed E-state index contributed by atoms with van der Waals surface area (Å²) in [6, 6.07) is 6.27. The second-order valence-corrected chi connectivity index (χ2v) is 4.83. The fourth-order valence-corrected chi connectivity index (χ4v) is 2.35. The van der Waals surface area contributed by atoms with Gasteiger partial charge in [0, 0.05) is 35.7 Å². The van der Waals surface area contributed by atoms with Gasteiger partial charge in [0.15, 0.2) is 11.9 Å². The molecule has 0 radical (unpaired) electrons. The third kappa shape index (κ3) is 2.20. The lowest BCUT2D eigenvalue weighted by molar-refractivity contribution is -0.126. The van der Waals surface area contributed by atoms with Crippen LogP contribution in [0.15, 0.2) is 30.3 Å². The molecule has 1 atom stereocenters. The van der Waals surface area contributed by atoms with Crippen molar-refractivity contribution >= 4 is 5.78 Å². The van der Waals surface area contributed by atoms with Crippen molar-refractivity contribution in [2.24, 2.45) is 0 Å². The van der Waals surface area contributed by atoms with Gasteiger partial charge in [-0.2, -0.15) is 0 Å². The molecule has 6 heteroatoms. The Morgan fingerprint density at radius 3 is 2.38 bits per heavy atom. The van der Waals surface area contributed by atoms with Crippen LogP contribution in [-0.2, 0) is 11.2 Å². The average molecular weight is 288 g/mol. The number of aromatic hydroxyl groups is 4. The van der Waals surface area contributed by atoms with Gasteiger partial charge in [-0.15, -0.1) is 0 Å². The van der Waals surface area contributed by atoms with Crippen molar-refractivity contribution in [1.82, 2.24) is 0 Å². The normalized spacial score (nSPS) is 17.1. The molecule has 0 aliphatic carbocycles. The first-order valence-electron chi connectivity index (χ1n) is 6.22. The van der Waals surface area contributed by atoms with Gasteiger partial charge < -0.3 is 25.2 Å². The molecule has 0 aromatic heterocycles. The molecule has 21 heavy (non-hydrogen) atoms. The van der Waals surface area contributed by atoms with E-state index in [4.69, 9.17) is 4.74 Å². The van der Waals surface area contributed by atoms with Crippen molar-refractivity contribution in [1.29, 1.82) is 0 Å². The zero-order valence-corrected chi connectivity index (χ0v) is 10.8. The van der Waals surface area contributed by atoms with Gasteiger partial charge in [0.2, 0.25) is 0 Å². The quantitative estimate of drug-likeness (QED) is 0.637. The summed E-state index contributed by atoms with van der Waals surface area (Å²) in [7, 11) is 0. The van der Waals surface area contributed by atoms with E-state index in [0.717, 1.165) is 12.1 Å². The standard InChI is InChI=1S/C15H12O6/c16-7-1-2-9(11(18)3-7)15-13(20)6-10-12(19)4-8(17)5-14(10)21-15/h1-5,15-19H,6H2/t15-/m0/s1. The Labute approximate surface area is 119 Å². The van der Waals surface area contributed by atoms with Gasteiger partial charge in [-0.1, -0.05) is 0 Å². The van der Waals surface area contributed by atoms with Gasteiger partial charge in [-0.05, 0) is 12.1 Å². The minimum Gasteiger partial charge on any atom is -0.508 e. The summed E-state index contributed by atoms with van der Waals surface area (Å²) in [4.78, 5) is 12.2. The number of ether oxygens (including phenoxy) is 1. The van der Waals surface area contributed by atoms with Crippen LogP contribution in [0, 0.1) is 0 Å². The number of Topliss-reactive ketones (excluding diaryl/α,β-unsaturated/α-hetero) is 1. The second kappa shape index (κ2) is 4.59. The van der Waals surface area contributed by atoms with Crippen LogP contribution in [0.4, 0.5) is 0 Å². The number of ketones is 1. The van der Waals surface area contributed by atoms with E-state index in [-0.39, 0.29) is 46.5 Å². The van der Waals surface area contributed by atoms with Crippen molar-refractivity contribution in [3.8, 4) is 28.7 Å². The monoisotopic (exact) mass is 288 g/mol. The molecule has 1 aliphatic rings. The highest BCUT2D eigenvalue weighted by molar-refractivity contribution is 5.90. The molecule has 108 valence electrons. The first-order chi connectivity index (χ1) is 9.95. The molecule has 0 unspecified atom stereocenters. The molecule has 2 aromatic rings. The molecule has 0 saturated carbocycles. The van der Waals surface area contributed by atoms with Gasteiger partial charge in [-0.3, -0.25) is 4.79 Å². The van der Waals surface area contributed by atoms with Crippen LogP contribution >= 0.6 is 0 Å². The highest BCUT2D eigenvalue weighted by atomic mass is 16.5. The third-order valence-electron chi connectivity index (χ3n) is 3.35. The van der Waals surface area contributed by atoms with Crippen molar-refractivity contribution in [2.75, 3.05) is 0 Å². The Kier molecular flexibility index (Phi) is 2.86. The molecule has 0 amide bonds. The average Bonchev–Trinajstić information content (AvgIpc) is 2.39. The minimum atomic E-state index is -1.06. The van der Waals surface area contributed by atoms with Crippen molar-refractivity contribution in [2.45, 2.75) is 12.5 Å². The zero-order chi connectivity index (χ0) is 15.1. The van der Waals surface area contributed by atoms with Crippen LogP contribution < -0.4 is 4.74 Å².